The van der Waals surface area contributed by atoms with E-state index >= 15 is 0 Å². The second kappa shape index (κ2) is 5.57. The van der Waals surface area contributed by atoms with Crippen LogP contribution in [0.25, 0.3) is 10.9 Å². The average Bonchev–Trinajstić information content (AvgIpc) is 2.44. The van der Waals surface area contributed by atoms with E-state index in [1.54, 1.807) is 6.07 Å². The molecule has 0 saturated carbocycles. The fourth-order valence-corrected chi connectivity index (χ4v) is 1.79. The van der Waals surface area contributed by atoms with Gasteiger partial charge in [0.05, 0.1) is 10.4 Å². The highest BCUT2D eigenvalue weighted by Gasteiger charge is 2.12. The molecule has 0 aliphatic carbocycles. The van der Waals surface area contributed by atoms with E-state index in [0.29, 0.717) is 23.3 Å². The zero-order valence-electron chi connectivity index (χ0n) is 10.5. The number of nitrogens with zero attached hydrogens (tertiary/aromatic N) is 3. The third kappa shape index (κ3) is 2.76. The molecule has 1 heterocycles. The van der Waals surface area contributed by atoms with Gasteiger partial charge in [0, 0.05) is 30.1 Å². The van der Waals surface area contributed by atoms with Crippen molar-refractivity contribution in [3.63, 3.8) is 0 Å². The largest absolute Gasteiger partial charge is 0.365 e. The summed E-state index contributed by atoms with van der Waals surface area (Å²) >= 11 is 0. The smallest absolute Gasteiger partial charge is 0.270 e. The molecule has 19 heavy (non-hydrogen) atoms. The van der Waals surface area contributed by atoms with Crippen molar-refractivity contribution in [1.29, 1.82) is 0 Å². The molecule has 100 valence electrons. The first kappa shape index (κ1) is 13.2. The Labute approximate surface area is 110 Å². The van der Waals surface area contributed by atoms with Crippen LogP contribution in [-0.4, -0.2) is 27.5 Å². The number of nitro groups is 1. The lowest BCUT2D eigenvalue weighted by Crippen LogP contribution is -2.28. The first-order valence-corrected chi connectivity index (χ1v) is 6.01. The molecule has 2 rings (SSSR count). The van der Waals surface area contributed by atoms with E-state index in [2.05, 4.69) is 15.3 Å². The SMILES string of the molecule is CCC(CN)Nc1ncnc2ccc([N+](=O)[O-])cc12. The van der Waals surface area contributed by atoms with E-state index < -0.39 is 4.92 Å². The fourth-order valence-electron chi connectivity index (χ4n) is 1.79. The summed E-state index contributed by atoms with van der Waals surface area (Å²) in [7, 11) is 0. The molecule has 0 radical (unpaired) electrons. The van der Waals surface area contributed by atoms with Gasteiger partial charge in [-0.3, -0.25) is 10.1 Å². The van der Waals surface area contributed by atoms with Gasteiger partial charge in [-0.15, -0.1) is 0 Å². The van der Waals surface area contributed by atoms with Crippen molar-refractivity contribution in [2.24, 2.45) is 5.73 Å². The van der Waals surface area contributed by atoms with E-state index in [1.807, 2.05) is 6.92 Å². The summed E-state index contributed by atoms with van der Waals surface area (Å²) in [6.07, 6.45) is 2.27. The molecule has 2 aromatic rings. The van der Waals surface area contributed by atoms with Gasteiger partial charge in [-0.1, -0.05) is 6.92 Å². The quantitative estimate of drug-likeness (QED) is 0.626. The Morgan fingerprint density at radius 1 is 1.47 bits per heavy atom. The molecule has 0 aliphatic rings. The van der Waals surface area contributed by atoms with Gasteiger partial charge in [-0.05, 0) is 12.5 Å². The summed E-state index contributed by atoms with van der Waals surface area (Å²) < 4.78 is 0. The molecule has 0 saturated heterocycles. The van der Waals surface area contributed by atoms with Crippen LogP contribution in [-0.2, 0) is 0 Å². The summed E-state index contributed by atoms with van der Waals surface area (Å²) in [6, 6.07) is 4.60. The third-order valence-electron chi connectivity index (χ3n) is 2.95. The molecule has 1 atom stereocenters. The molecule has 0 bridgehead atoms. The lowest BCUT2D eigenvalue weighted by molar-refractivity contribution is -0.384. The highest BCUT2D eigenvalue weighted by molar-refractivity contribution is 5.90. The second-order valence-electron chi connectivity index (χ2n) is 4.17. The number of hydrogen-bond donors (Lipinski definition) is 2. The Kier molecular flexibility index (Phi) is 3.86. The zero-order chi connectivity index (χ0) is 13.8. The Morgan fingerprint density at radius 2 is 2.26 bits per heavy atom. The number of non-ortho nitro benzene ring substituents is 1. The number of fused-ring (bicyclic) bond motifs is 1. The molecule has 1 aromatic carbocycles. The molecule has 0 fully saturated rings. The third-order valence-corrected chi connectivity index (χ3v) is 2.95. The van der Waals surface area contributed by atoms with E-state index in [-0.39, 0.29) is 11.7 Å². The van der Waals surface area contributed by atoms with Crippen molar-refractivity contribution in [3.8, 4) is 0 Å². The molecule has 3 N–H and O–H groups in total. The van der Waals surface area contributed by atoms with E-state index in [1.165, 1.54) is 18.5 Å². The van der Waals surface area contributed by atoms with Crippen molar-refractivity contribution in [3.05, 3.63) is 34.6 Å². The molecular weight excluding hydrogens is 246 g/mol. The molecule has 7 nitrogen and oxygen atoms in total. The van der Waals surface area contributed by atoms with Gasteiger partial charge in [-0.25, -0.2) is 9.97 Å². The van der Waals surface area contributed by atoms with Crippen LogP contribution >= 0.6 is 0 Å². The molecule has 0 amide bonds. The van der Waals surface area contributed by atoms with Crippen LogP contribution in [0.2, 0.25) is 0 Å². The van der Waals surface area contributed by atoms with Crippen molar-refractivity contribution in [2.45, 2.75) is 19.4 Å². The number of nitro benzene ring substituents is 1. The summed E-state index contributed by atoms with van der Waals surface area (Å²) in [5.74, 6) is 0.575. The first-order chi connectivity index (χ1) is 9.15. The number of nitrogens with one attached hydrogen (secondary N) is 1. The van der Waals surface area contributed by atoms with Crippen LogP contribution in [0.5, 0.6) is 0 Å². The number of nitrogens with two attached hydrogens (primary N) is 1. The van der Waals surface area contributed by atoms with Crippen LogP contribution in [0.1, 0.15) is 13.3 Å². The molecule has 1 aromatic heterocycles. The number of anilines is 1. The molecule has 1 unspecified atom stereocenters. The normalized spacial score (nSPS) is 12.3. The maximum Gasteiger partial charge on any atom is 0.270 e. The number of benzene rings is 1. The molecule has 0 spiro atoms. The Hall–Kier alpha value is -2.28. The van der Waals surface area contributed by atoms with Gasteiger partial charge < -0.3 is 11.1 Å². The Balaban J connectivity index is 2.47. The van der Waals surface area contributed by atoms with Crippen LogP contribution < -0.4 is 11.1 Å². The summed E-state index contributed by atoms with van der Waals surface area (Å²) in [4.78, 5) is 18.6. The minimum Gasteiger partial charge on any atom is -0.365 e. The van der Waals surface area contributed by atoms with Gasteiger partial charge in [-0.2, -0.15) is 0 Å². The summed E-state index contributed by atoms with van der Waals surface area (Å²) in [5, 5.41) is 14.6. The topological polar surface area (TPSA) is 107 Å². The standard InChI is InChI=1S/C12H15N5O2/c1-2-8(6-13)16-12-10-5-9(17(18)19)3-4-11(10)14-7-15-12/h3-5,7-8H,2,6,13H2,1H3,(H,14,15,16). The maximum atomic E-state index is 10.8. The molecule has 0 aliphatic heterocycles. The van der Waals surface area contributed by atoms with Gasteiger partial charge >= 0.3 is 0 Å². The van der Waals surface area contributed by atoms with Crippen LogP contribution in [0.15, 0.2) is 24.5 Å². The van der Waals surface area contributed by atoms with Crippen LogP contribution in [0, 0.1) is 10.1 Å². The van der Waals surface area contributed by atoms with Gasteiger partial charge in [0.25, 0.3) is 5.69 Å². The van der Waals surface area contributed by atoms with Gasteiger partial charge in [0.15, 0.2) is 0 Å². The lowest BCUT2D eigenvalue weighted by atomic mass is 10.2. The maximum absolute atomic E-state index is 10.8. The Bertz CT molecular complexity index is 598. The predicted molar refractivity (Wildman–Crippen MR) is 72.9 cm³/mol. The van der Waals surface area contributed by atoms with E-state index in [9.17, 15) is 10.1 Å². The zero-order valence-corrected chi connectivity index (χ0v) is 10.5. The van der Waals surface area contributed by atoms with Gasteiger partial charge in [0.1, 0.15) is 12.1 Å². The number of aromatic nitrogens is 2. The molecular formula is C12H15N5O2. The summed E-state index contributed by atoms with van der Waals surface area (Å²) in [5.41, 5.74) is 6.32. The van der Waals surface area contributed by atoms with Crippen LogP contribution in [0.3, 0.4) is 0 Å². The second-order valence-corrected chi connectivity index (χ2v) is 4.17. The molecule has 7 heteroatoms. The van der Waals surface area contributed by atoms with Crippen molar-refractivity contribution < 1.29 is 4.92 Å². The van der Waals surface area contributed by atoms with Crippen LogP contribution in [0.4, 0.5) is 11.5 Å². The van der Waals surface area contributed by atoms with E-state index in [4.69, 9.17) is 5.73 Å². The number of rotatable bonds is 5. The highest BCUT2D eigenvalue weighted by atomic mass is 16.6. The Morgan fingerprint density at radius 3 is 2.89 bits per heavy atom. The number of hydrogen-bond acceptors (Lipinski definition) is 6. The minimum absolute atomic E-state index is 0.0196. The predicted octanol–water partition coefficient (Wildman–Crippen LogP) is 1.69. The lowest BCUT2D eigenvalue weighted by Gasteiger charge is -2.16. The fraction of sp³-hybridized carbons (Fsp3) is 0.333. The minimum atomic E-state index is -0.434. The van der Waals surface area contributed by atoms with Gasteiger partial charge in [0.2, 0.25) is 0 Å². The van der Waals surface area contributed by atoms with Crippen molar-refractivity contribution in [2.75, 3.05) is 11.9 Å². The van der Waals surface area contributed by atoms with E-state index in [0.717, 1.165) is 6.42 Å². The monoisotopic (exact) mass is 261 g/mol. The highest BCUT2D eigenvalue weighted by Crippen LogP contribution is 2.24. The average molecular weight is 261 g/mol. The first-order valence-electron chi connectivity index (χ1n) is 6.01. The summed E-state index contributed by atoms with van der Waals surface area (Å²) in [6.45, 7) is 2.48. The van der Waals surface area contributed by atoms with Crippen molar-refractivity contribution in [1.82, 2.24) is 9.97 Å². The van der Waals surface area contributed by atoms with Crippen molar-refractivity contribution >= 4 is 22.4 Å².